The number of methoxy groups -OCH3 is 1. The van der Waals surface area contributed by atoms with E-state index in [1.807, 2.05) is 0 Å². The molecule has 1 atom stereocenters. The van der Waals surface area contributed by atoms with E-state index in [2.05, 4.69) is 40.8 Å². The highest BCUT2D eigenvalue weighted by Gasteiger charge is 2.22. The monoisotopic (exact) mass is 386 g/mol. The second kappa shape index (κ2) is 15.2. The van der Waals surface area contributed by atoms with Gasteiger partial charge in [0.05, 0.1) is 19.6 Å². The molecule has 0 aromatic carbocycles. The molecule has 1 aliphatic heterocycles. The van der Waals surface area contributed by atoms with Crippen molar-refractivity contribution in [2.45, 2.75) is 39.7 Å². The van der Waals surface area contributed by atoms with Crippen LogP contribution in [0.5, 0.6) is 0 Å². The van der Waals surface area contributed by atoms with Crippen LogP contribution in [0.25, 0.3) is 0 Å². The summed E-state index contributed by atoms with van der Waals surface area (Å²) in [6, 6.07) is 0. The number of carbonyl (C=O) groups is 1. The third-order valence-electron chi connectivity index (χ3n) is 5.05. The smallest absolute Gasteiger partial charge is 0.306 e. The van der Waals surface area contributed by atoms with Gasteiger partial charge < -0.3 is 19.7 Å². The van der Waals surface area contributed by atoms with Crippen molar-refractivity contribution in [1.82, 2.24) is 20.0 Å². The predicted octanol–water partition coefficient (Wildman–Crippen LogP) is 0.894. The Kier molecular flexibility index (Phi) is 13.7. The van der Waals surface area contributed by atoms with Crippen molar-refractivity contribution in [3.63, 3.8) is 0 Å². The van der Waals surface area contributed by atoms with Crippen LogP contribution in [0.2, 0.25) is 0 Å². The highest BCUT2D eigenvalue weighted by Crippen LogP contribution is 2.07. The number of carbonyl (C=O) groups excluding carboxylic acids is 1. The van der Waals surface area contributed by atoms with E-state index in [9.17, 15) is 4.79 Å². The summed E-state index contributed by atoms with van der Waals surface area (Å²) in [5.74, 6) is -0.141. The molecule has 0 aliphatic carbocycles. The predicted molar refractivity (Wildman–Crippen MR) is 110 cm³/mol. The molecule has 1 fully saturated rings. The van der Waals surface area contributed by atoms with Crippen LogP contribution in [-0.4, -0.2) is 112 Å². The van der Waals surface area contributed by atoms with Crippen LogP contribution >= 0.6 is 0 Å². The average Bonchev–Trinajstić information content (AvgIpc) is 2.67. The SMILES string of the molecule is CCCN(CCC(=O)OC)CC(CN1CCN(CCNCC)CC1)OCC. The normalized spacial score (nSPS) is 17.4. The van der Waals surface area contributed by atoms with Gasteiger partial charge in [-0.25, -0.2) is 0 Å². The maximum absolute atomic E-state index is 11.5. The Hall–Kier alpha value is -0.730. The molecule has 0 bridgehead atoms. The Balaban J connectivity index is 2.41. The summed E-state index contributed by atoms with van der Waals surface area (Å²) in [6.45, 7) is 18.4. The Morgan fingerprint density at radius 1 is 1.11 bits per heavy atom. The maximum Gasteiger partial charge on any atom is 0.306 e. The van der Waals surface area contributed by atoms with Crippen molar-refractivity contribution in [2.75, 3.05) is 85.7 Å². The van der Waals surface area contributed by atoms with E-state index in [0.29, 0.717) is 6.42 Å². The number of nitrogens with one attached hydrogen (secondary N) is 1. The molecule has 1 rings (SSSR count). The first-order valence-electron chi connectivity index (χ1n) is 10.7. The number of rotatable bonds is 15. The number of piperazine rings is 1. The molecule has 1 aliphatic rings. The molecule has 0 aromatic rings. The first-order chi connectivity index (χ1) is 13.1. The van der Waals surface area contributed by atoms with E-state index in [4.69, 9.17) is 9.47 Å². The number of nitrogens with zero attached hydrogens (tertiary/aromatic N) is 3. The summed E-state index contributed by atoms with van der Waals surface area (Å²) in [5.41, 5.74) is 0. The number of ether oxygens (including phenoxy) is 2. The highest BCUT2D eigenvalue weighted by atomic mass is 16.5. The Morgan fingerprint density at radius 2 is 1.81 bits per heavy atom. The molecule has 0 saturated carbocycles. The van der Waals surface area contributed by atoms with E-state index in [-0.39, 0.29) is 12.1 Å². The highest BCUT2D eigenvalue weighted by molar-refractivity contribution is 5.69. The summed E-state index contributed by atoms with van der Waals surface area (Å²) in [5, 5.41) is 3.40. The van der Waals surface area contributed by atoms with Crippen molar-refractivity contribution in [3.05, 3.63) is 0 Å². The summed E-state index contributed by atoms with van der Waals surface area (Å²) >= 11 is 0. The van der Waals surface area contributed by atoms with E-state index >= 15 is 0 Å². The summed E-state index contributed by atoms with van der Waals surface area (Å²) in [6.07, 6.45) is 1.71. The lowest BCUT2D eigenvalue weighted by molar-refractivity contribution is -0.141. The van der Waals surface area contributed by atoms with Crippen molar-refractivity contribution >= 4 is 5.97 Å². The van der Waals surface area contributed by atoms with Crippen molar-refractivity contribution < 1.29 is 14.3 Å². The third kappa shape index (κ3) is 11.0. The molecule has 0 aromatic heterocycles. The van der Waals surface area contributed by atoms with Gasteiger partial charge in [-0.15, -0.1) is 0 Å². The van der Waals surface area contributed by atoms with Gasteiger partial charge in [-0.05, 0) is 26.4 Å². The largest absolute Gasteiger partial charge is 0.469 e. The minimum Gasteiger partial charge on any atom is -0.469 e. The summed E-state index contributed by atoms with van der Waals surface area (Å²) in [4.78, 5) is 18.9. The summed E-state index contributed by atoms with van der Waals surface area (Å²) < 4.78 is 10.8. The first-order valence-corrected chi connectivity index (χ1v) is 10.7. The molecule has 1 saturated heterocycles. The van der Waals surface area contributed by atoms with E-state index in [0.717, 1.165) is 85.0 Å². The molecule has 0 amide bonds. The van der Waals surface area contributed by atoms with Gasteiger partial charge in [0.25, 0.3) is 0 Å². The van der Waals surface area contributed by atoms with Crippen LogP contribution in [0, 0.1) is 0 Å². The molecule has 0 radical (unpaired) electrons. The van der Waals surface area contributed by atoms with Gasteiger partial charge in [0.15, 0.2) is 0 Å². The minimum absolute atomic E-state index is 0.141. The molecule has 7 heteroatoms. The van der Waals surface area contributed by atoms with Crippen molar-refractivity contribution in [1.29, 1.82) is 0 Å². The molecule has 1 heterocycles. The maximum atomic E-state index is 11.5. The molecule has 0 spiro atoms. The molecular formula is C20H42N4O3. The average molecular weight is 387 g/mol. The third-order valence-corrected chi connectivity index (χ3v) is 5.05. The van der Waals surface area contributed by atoms with Crippen LogP contribution < -0.4 is 5.32 Å². The fraction of sp³-hybridized carbons (Fsp3) is 0.950. The lowest BCUT2D eigenvalue weighted by Gasteiger charge is -2.37. The van der Waals surface area contributed by atoms with Crippen molar-refractivity contribution in [2.24, 2.45) is 0 Å². The van der Waals surface area contributed by atoms with Gasteiger partial charge in [-0.1, -0.05) is 13.8 Å². The molecule has 160 valence electrons. The lowest BCUT2D eigenvalue weighted by Crippen LogP contribution is -2.51. The number of esters is 1. The van der Waals surface area contributed by atoms with Gasteiger partial charge in [0.2, 0.25) is 0 Å². The van der Waals surface area contributed by atoms with Gasteiger partial charge >= 0.3 is 5.97 Å². The minimum atomic E-state index is -0.141. The van der Waals surface area contributed by atoms with Gasteiger partial charge in [-0.3, -0.25) is 14.6 Å². The summed E-state index contributed by atoms with van der Waals surface area (Å²) in [7, 11) is 1.45. The van der Waals surface area contributed by atoms with E-state index in [1.165, 1.54) is 7.11 Å². The molecule has 1 unspecified atom stereocenters. The second-order valence-electron chi connectivity index (χ2n) is 7.20. The molecule has 7 nitrogen and oxygen atoms in total. The lowest BCUT2D eigenvalue weighted by atomic mass is 10.2. The molecule has 27 heavy (non-hydrogen) atoms. The van der Waals surface area contributed by atoms with Crippen LogP contribution in [0.1, 0.15) is 33.6 Å². The number of likely N-dealkylation sites (N-methyl/N-ethyl adjacent to an activating group) is 1. The number of hydrogen-bond acceptors (Lipinski definition) is 7. The van der Waals surface area contributed by atoms with Crippen LogP contribution in [-0.2, 0) is 14.3 Å². The molecular weight excluding hydrogens is 344 g/mol. The topological polar surface area (TPSA) is 57.3 Å². The zero-order valence-corrected chi connectivity index (χ0v) is 18.0. The fourth-order valence-electron chi connectivity index (χ4n) is 3.55. The van der Waals surface area contributed by atoms with Crippen LogP contribution in [0.4, 0.5) is 0 Å². The Morgan fingerprint density at radius 3 is 2.41 bits per heavy atom. The van der Waals surface area contributed by atoms with Crippen molar-refractivity contribution in [3.8, 4) is 0 Å². The van der Waals surface area contributed by atoms with E-state index < -0.39 is 0 Å². The number of hydrogen-bond donors (Lipinski definition) is 1. The standard InChI is InChI=1S/C20H42N4O3/c1-5-10-23(11-8-20(25)26-4)17-19(27-7-3)18-24-15-13-22(14-16-24)12-9-21-6-2/h19,21H,5-18H2,1-4H3. The van der Waals surface area contributed by atoms with Crippen LogP contribution in [0.3, 0.4) is 0 Å². The first kappa shape index (κ1) is 24.3. The van der Waals surface area contributed by atoms with E-state index in [1.54, 1.807) is 0 Å². The Bertz CT molecular complexity index is 376. The second-order valence-corrected chi connectivity index (χ2v) is 7.20. The molecule has 1 N–H and O–H groups in total. The zero-order valence-electron chi connectivity index (χ0n) is 18.0. The van der Waals surface area contributed by atoms with Gasteiger partial charge in [0, 0.05) is 65.5 Å². The van der Waals surface area contributed by atoms with Crippen LogP contribution in [0.15, 0.2) is 0 Å². The Labute approximate surface area is 166 Å². The quantitative estimate of drug-likeness (QED) is 0.331. The van der Waals surface area contributed by atoms with Gasteiger partial charge in [0.1, 0.15) is 0 Å². The van der Waals surface area contributed by atoms with Gasteiger partial charge in [-0.2, -0.15) is 0 Å². The fourth-order valence-corrected chi connectivity index (χ4v) is 3.55. The zero-order chi connectivity index (χ0) is 19.9.